The number of hydrogen-bond acceptors (Lipinski definition) is 3. The third-order valence-electron chi connectivity index (χ3n) is 1.69. The molecule has 1 rings (SSSR count). The van der Waals surface area contributed by atoms with Gasteiger partial charge in [-0.3, -0.25) is 9.59 Å². The van der Waals surface area contributed by atoms with Crippen molar-refractivity contribution in [2.24, 2.45) is 0 Å². The Morgan fingerprint density at radius 3 is 2.93 bits per heavy atom. The van der Waals surface area contributed by atoms with Crippen LogP contribution in [0.15, 0.2) is 23.1 Å². The molecule has 14 heavy (non-hydrogen) atoms. The van der Waals surface area contributed by atoms with Crippen LogP contribution in [-0.4, -0.2) is 17.0 Å². The van der Waals surface area contributed by atoms with Gasteiger partial charge in [0.05, 0.1) is 0 Å². The lowest BCUT2D eigenvalue weighted by Crippen LogP contribution is -2.31. The molecule has 1 heterocycles. The lowest BCUT2D eigenvalue weighted by Gasteiger charge is -2.05. The van der Waals surface area contributed by atoms with Crippen molar-refractivity contribution in [3.8, 4) is 0 Å². The largest absolute Gasteiger partial charge is 0.398 e. The second kappa shape index (κ2) is 4.45. The van der Waals surface area contributed by atoms with Crippen LogP contribution in [-0.2, 0) is 11.3 Å². The van der Waals surface area contributed by atoms with Crippen molar-refractivity contribution < 1.29 is 4.79 Å². The highest BCUT2D eigenvalue weighted by Crippen LogP contribution is 1.95. The minimum absolute atomic E-state index is 0.0116. The van der Waals surface area contributed by atoms with Crippen LogP contribution in [0.3, 0.4) is 0 Å². The molecule has 76 valence electrons. The van der Waals surface area contributed by atoms with Gasteiger partial charge in [0.2, 0.25) is 5.91 Å². The van der Waals surface area contributed by atoms with Crippen LogP contribution in [0.2, 0.25) is 0 Å². The third kappa shape index (κ3) is 2.62. The summed E-state index contributed by atoms with van der Waals surface area (Å²) in [6.45, 7) is 2.38. The van der Waals surface area contributed by atoms with Gasteiger partial charge in [0, 0.05) is 24.5 Å². The molecule has 3 N–H and O–H groups in total. The molecule has 0 aliphatic carbocycles. The number of nitrogens with zero attached hydrogens (tertiary/aromatic N) is 1. The zero-order chi connectivity index (χ0) is 10.6. The fraction of sp³-hybridized carbons (Fsp3) is 0.333. The molecule has 1 aromatic heterocycles. The fourth-order valence-corrected chi connectivity index (χ4v) is 1.08. The number of hydrogen-bond donors (Lipinski definition) is 2. The van der Waals surface area contributed by atoms with Crippen molar-refractivity contribution in [1.29, 1.82) is 0 Å². The predicted octanol–water partition coefficient (Wildman–Crippen LogP) is -0.433. The van der Waals surface area contributed by atoms with E-state index < -0.39 is 0 Å². The monoisotopic (exact) mass is 195 g/mol. The number of nitrogens with one attached hydrogen (secondary N) is 1. The topological polar surface area (TPSA) is 77.1 Å². The zero-order valence-corrected chi connectivity index (χ0v) is 7.99. The van der Waals surface area contributed by atoms with Gasteiger partial charge in [-0.05, 0) is 13.0 Å². The number of carbonyl (C=O) groups excluding carboxylic acids is 1. The van der Waals surface area contributed by atoms with E-state index in [-0.39, 0.29) is 18.0 Å². The van der Waals surface area contributed by atoms with Gasteiger partial charge in [0.1, 0.15) is 6.54 Å². The minimum Gasteiger partial charge on any atom is -0.398 e. The second-order valence-electron chi connectivity index (χ2n) is 2.88. The summed E-state index contributed by atoms with van der Waals surface area (Å²) in [5.41, 5.74) is 5.72. The van der Waals surface area contributed by atoms with Crippen LogP contribution < -0.4 is 16.6 Å². The lowest BCUT2D eigenvalue weighted by molar-refractivity contribution is -0.121. The molecule has 0 saturated heterocycles. The van der Waals surface area contributed by atoms with E-state index in [1.165, 1.54) is 22.9 Å². The first kappa shape index (κ1) is 10.3. The standard InChI is InChI=1S/C9H13N3O2/c1-2-11-8(13)6-12-5-7(10)3-4-9(12)14/h3-5H,2,6,10H2,1H3,(H,11,13). The van der Waals surface area contributed by atoms with Crippen molar-refractivity contribution >= 4 is 11.6 Å². The zero-order valence-electron chi connectivity index (χ0n) is 7.99. The van der Waals surface area contributed by atoms with Crippen LogP contribution in [0.4, 0.5) is 5.69 Å². The van der Waals surface area contributed by atoms with Gasteiger partial charge in [-0.25, -0.2) is 0 Å². The van der Waals surface area contributed by atoms with Crippen molar-refractivity contribution in [2.45, 2.75) is 13.5 Å². The smallest absolute Gasteiger partial charge is 0.251 e. The molecular weight excluding hydrogens is 182 g/mol. The van der Waals surface area contributed by atoms with Crippen LogP contribution in [0.1, 0.15) is 6.92 Å². The van der Waals surface area contributed by atoms with Gasteiger partial charge in [-0.1, -0.05) is 0 Å². The van der Waals surface area contributed by atoms with E-state index in [1.807, 2.05) is 6.92 Å². The summed E-state index contributed by atoms with van der Waals surface area (Å²) in [4.78, 5) is 22.4. The number of carbonyl (C=O) groups is 1. The Morgan fingerprint density at radius 1 is 1.57 bits per heavy atom. The summed E-state index contributed by atoms with van der Waals surface area (Å²) in [5, 5.41) is 2.60. The Morgan fingerprint density at radius 2 is 2.29 bits per heavy atom. The lowest BCUT2D eigenvalue weighted by atomic mass is 10.4. The highest BCUT2D eigenvalue weighted by Gasteiger charge is 2.02. The molecule has 0 aromatic carbocycles. The average molecular weight is 195 g/mol. The summed E-state index contributed by atoms with van der Waals surface area (Å²) in [7, 11) is 0. The Labute approximate surface area is 81.5 Å². The number of pyridine rings is 1. The summed E-state index contributed by atoms with van der Waals surface area (Å²) in [5.74, 6) is -0.194. The van der Waals surface area contributed by atoms with E-state index in [2.05, 4.69) is 5.32 Å². The predicted molar refractivity (Wildman–Crippen MR) is 53.8 cm³/mol. The quantitative estimate of drug-likeness (QED) is 0.686. The molecule has 0 fully saturated rings. The molecule has 0 radical (unpaired) electrons. The Bertz CT molecular complexity index is 384. The first-order valence-corrected chi connectivity index (χ1v) is 4.36. The maximum atomic E-state index is 11.2. The van der Waals surface area contributed by atoms with Crippen LogP contribution in [0.25, 0.3) is 0 Å². The molecule has 1 amide bonds. The number of nitrogens with two attached hydrogens (primary N) is 1. The van der Waals surface area contributed by atoms with Crippen molar-refractivity contribution in [2.75, 3.05) is 12.3 Å². The Kier molecular flexibility index (Phi) is 3.28. The average Bonchev–Trinajstić information content (AvgIpc) is 2.12. The molecule has 0 aliphatic heterocycles. The van der Waals surface area contributed by atoms with Gasteiger partial charge >= 0.3 is 0 Å². The molecule has 0 bridgehead atoms. The van der Waals surface area contributed by atoms with Gasteiger partial charge in [-0.2, -0.15) is 0 Å². The normalized spacial score (nSPS) is 9.79. The van der Waals surface area contributed by atoms with E-state index in [4.69, 9.17) is 5.73 Å². The SMILES string of the molecule is CCNC(=O)Cn1cc(N)ccc1=O. The number of anilines is 1. The maximum Gasteiger partial charge on any atom is 0.251 e. The number of nitrogen functional groups attached to an aromatic ring is 1. The summed E-state index contributed by atoms with van der Waals surface area (Å²) >= 11 is 0. The molecule has 0 saturated carbocycles. The van der Waals surface area contributed by atoms with Crippen LogP contribution >= 0.6 is 0 Å². The fourth-order valence-electron chi connectivity index (χ4n) is 1.08. The number of amides is 1. The Balaban J connectivity index is 2.81. The van der Waals surface area contributed by atoms with Crippen LogP contribution in [0.5, 0.6) is 0 Å². The van der Waals surface area contributed by atoms with E-state index in [1.54, 1.807) is 0 Å². The molecule has 0 atom stereocenters. The second-order valence-corrected chi connectivity index (χ2v) is 2.88. The maximum absolute atomic E-state index is 11.2. The third-order valence-corrected chi connectivity index (χ3v) is 1.69. The van der Waals surface area contributed by atoms with Crippen molar-refractivity contribution in [3.63, 3.8) is 0 Å². The van der Waals surface area contributed by atoms with Gasteiger partial charge < -0.3 is 15.6 Å². The highest BCUT2D eigenvalue weighted by atomic mass is 16.2. The number of aromatic nitrogens is 1. The number of likely N-dealkylation sites (N-methyl/N-ethyl adjacent to an activating group) is 1. The first-order chi connectivity index (χ1) is 6.63. The molecule has 0 aliphatic rings. The molecule has 5 nitrogen and oxygen atoms in total. The summed E-state index contributed by atoms with van der Waals surface area (Å²) < 4.78 is 1.28. The van der Waals surface area contributed by atoms with Crippen LogP contribution in [0, 0.1) is 0 Å². The van der Waals surface area contributed by atoms with Gasteiger partial charge in [-0.15, -0.1) is 0 Å². The van der Waals surface area contributed by atoms with Crippen molar-refractivity contribution in [1.82, 2.24) is 9.88 Å². The minimum atomic E-state index is -0.231. The molecule has 1 aromatic rings. The molecule has 0 unspecified atom stereocenters. The number of rotatable bonds is 3. The molecule has 5 heteroatoms. The summed E-state index contributed by atoms with van der Waals surface area (Å²) in [6.07, 6.45) is 1.46. The first-order valence-electron chi connectivity index (χ1n) is 4.36. The molecule has 0 spiro atoms. The van der Waals surface area contributed by atoms with E-state index in [9.17, 15) is 9.59 Å². The molecular formula is C9H13N3O2. The van der Waals surface area contributed by atoms with E-state index in [0.717, 1.165) is 0 Å². The van der Waals surface area contributed by atoms with Crippen molar-refractivity contribution in [3.05, 3.63) is 28.7 Å². The van der Waals surface area contributed by atoms with E-state index in [0.29, 0.717) is 12.2 Å². The van der Waals surface area contributed by atoms with Gasteiger partial charge in [0.15, 0.2) is 0 Å². The summed E-state index contributed by atoms with van der Waals surface area (Å²) in [6, 6.07) is 2.85. The highest BCUT2D eigenvalue weighted by molar-refractivity contribution is 5.75. The van der Waals surface area contributed by atoms with Gasteiger partial charge in [0.25, 0.3) is 5.56 Å². The Hall–Kier alpha value is -1.78. The van der Waals surface area contributed by atoms with E-state index >= 15 is 0 Å².